The second-order valence-electron chi connectivity index (χ2n) is 28.6. The van der Waals surface area contributed by atoms with Gasteiger partial charge in [0.2, 0.25) is 0 Å². The van der Waals surface area contributed by atoms with Crippen molar-refractivity contribution in [3.8, 4) is 22.3 Å². The summed E-state index contributed by atoms with van der Waals surface area (Å²) in [6.07, 6.45) is 2.31. The van der Waals surface area contributed by atoms with Gasteiger partial charge in [-0.15, -0.1) is 11.3 Å². The van der Waals surface area contributed by atoms with Gasteiger partial charge < -0.3 is 14.6 Å². The molecule has 3 nitrogen and oxygen atoms in total. The summed E-state index contributed by atoms with van der Waals surface area (Å²) in [6.45, 7) is 37.7. The van der Waals surface area contributed by atoms with Gasteiger partial charge in [0.15, 0.2) is 0 Å². The highest BCUT2D eigenvalue weighted by molar-refractivity contribution is 7.26. The number of hydrogen-bond acceptors (Lipinski definition) is 4. The minimum absolute atomic E-state index is 0.0118. The topological polar surface area (TPSA) is 9.72 Å². The molecule has 0 N–H and O–H groups in total. The molecule has 1 aliphatic carbocycles. The van der Waals surface area contributed by atoms with Gasteiger partial charge >= 0.3 is 6.85 Å². The van der Waals surface area contributed by atoms with E-state index in [4.69, 9.17) is 0 Å². The maximum atomic E-state index is 2.78. The Hall–Kier alpha value is -6.82. The third-order valence-corrected chi connectivity index (χ3v) is 19.1. The maximum Gasteiger partial charge on any atom is 0.334 e. The summed E-state index contributed by atoms with van der Waals surface area (Å²) in [5.41, 5.74) is 24.2. The number of hydrogen-bond donors (Lipinski definition) is 0. The fourth-order valence-corrected chi connectivity index (χ4v) is 14.2. The molecular weight excluding hydrogens is 974 g/mol. The minimum Gasteiger partial charge on any atom is -0.376 e. The molecule has 0 radical (unpaired) electrons. The fourth-order valence-electron chi connectivity index (χ4n) is 13.0. The molecule has 2 aliphatic heterocycles. The van der Waals surface area contributed by atoms with Crippen molar-refractivity contribution in [3.63, 3.8) is 0 Å². The van der Waals surface area contributed by atoms with Crippen LogP contribution in [-0.2, 0) is 32.5 Å². The molecule has 12 rings (SSSR count). The van der Waals surface area contributed by atoms with E-state index >= 15 is 0 Å². The number of rotatable bonds is 6. The van der Waals surface area contributed by atoms with Gasteiger partial charge in [0.1, 0.15) is 0 Å². The summed E-state index contributed by atoms with van der Waals surface area (Å²) in [4.78, 5) is 7.95. The Bertz CT molecular complexity index is 3770. The zero-order valence-corrected chi connectivity index (χ0v) is 50.7. The van der Waals surface area contributed by atoms with Gasteiger partial charge in [-0.05, 0) is 179 Å². The normalized spacial score (nSPS) is 15.6. The third kappa shape index (κ3) is 9.04. The van der Waals surface area contributed by atoms with Crippen LogP contribution in [0.1, 0.15) is 157 Å². The smallest absolute Gasteiger partial charge is 0.334 e. The molecule has 79 heavy (non-hydrogen) atoms. The van der Waals surface area contributed by atoms with Crippen LogP contribution in [0.4, 0.5) is 44.8 Å². The number of nitrogens with zero attached hydrogens (tertiary/aromatic N) is 3. The summed E-state index contributed by atoms with van der Waals surface area (Å²) in [5, 5.41) is 2.59. The zero-order chi connectivity index (χ0) is 55.9. The van der Waals surface area contributed by atoms with E-state index in [0.29, 0.717) is 0 Å². The molecule has 0 saturated heterocycles. The number of fused-ring (bicyclic) bond motifs is 7. The molecular formula is C74H80BN3S. The van der Waals surface area contributed by atoms with E-state index in [1.165, 1.54) is 111 Å². The van der Waals surface area contributed by atoms with Gasteiger partial charge in [-0.25, -0.2) is 0 Å². The predicted molar refractivity (Wildman–Crippen MR) is 346 cm³/mol. The molecule has 0 saturated carbocycles. The predicted octanol–water partition coefficient (Wildman–Crippen LogP) is 20.3. The number of anilines is 8. The monoisotopic (exact) mass is 1050 g/mol. The van der Waals surface area contributed by atoms with Gasteiger partial charge in [0.05, 0.1) is 10.7 Å². The Morgan fingerprint density at radius 1 is 0.430 bits per heavy atom. The van der Waals surface area contributed by atoms with E-state index in [0.717, 1.165) is 23.5 Å². The lowest BCUT2D eigenvalue weighted by molar-refractivity contribution is 0.332. The first-order chi connectivity index (χ1) is 37.2. The van der Waals surface area contributed by atoms with Crippen LogP contribution in [0.3, 0.4) is 0 Å². The number of thiophene rings is 1. The molecule has 0 atom stereocenters. The van der Waals surface area contributed by atoms with Crippen LogP contribution in [0.2, 0.25) is 0 Å². The first-order valence-electron chi connectivity index (χ1n) is 29.0. The lowest BCUT2D eigenvalue weighted by Gasteiger charge is -2.47. The molecule has 8 aromatic carbocycles. The molecule has 0 amide bonds. The van der Waals surface area contributed by atoms with E-state index in [1.54, 1.807) is 0 Å². The third-order valence-electron chi connectivity index (χ3n) is 18.0. The standard InChI is InChI=1S/C74H80BN3S/c1-69(2,3)48-26-31-52(32-27-48)76(53-33-28-49(29-34-53)70(4,5)6)54-35-37-56-59-43-51(72(10,11)12)44-64-66(59)75(78(63(56)46-54)55-36-38-60-61(45-55)74(15,16)41-40-73(60,13)14)67-57-24-20-21-25-65(57)79-68(67)77(64)62-39-30-50(71(7,8)9)42-58(62)47-22-18-17-19-23-47/h17-39,42-46H,40-41H2,1-16H3. The Labute approximate surface area is 477 Å². The van der Waals surface area contributed by atoms with Crippen molar-refractivity contribution < 1.29 is 0 Å². The fraction of sp³-hybridized carbons (Fsp3) is 0.324. The second-order valence-corrected chi connectivity index (χ2v) is 29.6. The van der Waals surface area contributed by atoms with Crippen molar-refractivity contribution in [2.24, 2.45) is 0 Å². The van der Waals surface area contributed by atoms with Crippen LogP contribution in [0.15, 0.2) is 170 Å². The molecule has 3 aliphatic rings. The molecule has 0 fully saturated rings. The van der Waals surface area contributed by atoms with Crippen LogP contribution in [0.5, 0.6) is 0 Å². The molecule has 0 unspecified atom stereocenters. The minimum atomic E-state index is -0.151. The summed E-state index contributed by atoms with van der Waals surface area (Å²) in [6, 6.07) is 66.3. The van der Waals surface area contributed by atoms with Crippen molar-refractivity contribution in [3.05, 3.63) is 203 Å². The van der Waals surface area contributed by atoms with Gasteiger partial charge in [0.25, 0.3) is 0 Å². The van der Waals surface area contributed by atoms with E-state index in [2.05, 4.69) is 295 Å². The summed E-state index contributed by atoms with van der Waals surface area (Å²) >= 11 is 1.94. The van der Waals surface area contributed by atoms with Crippen LogP contribution >= 0.6 is 11.3 Å². The lowest BCUT2D eigenvalue weighted by Crippen LogP contribution is -2.61. The summed E-state index contributed by atoms with van der Waals surface area (Å²) in [7, 11) is 0. The van der Waals surface area contributed by atoms with Gasteiger partial charge in [-0.3, -0.25) is 0 Å². The van der Waals surface area contributed by atoms with E-state index in [-0.39, 0.29) is 39.3 Å². The van der Waals surface area contributed by atoms with E-state index < -0.39 is 0 Å². The van der Waals surface area contributed by atoms with Gasteiger partial charge in [0, 0.05) is 50.0 Å². The average molecular weight is 1050 g/mol. The van der Waals surface area contributed by atoms with Crippen LogP contribution < -0.4 is 25.5 Å². The Kier molecular flexibility index (Phi) is 12.3. The first-order valence-corrected chi connectivity index (χ1v) is 29.8. The van der Waals surface area contributed by atoms with Crippen molar-refractivity contribution in [2.45, 2.75) is 156 Å². The largest absolute Gasteiger partial charge is 0.376 e. The Balaban J connectivity index is 1.20. The highest BCUT2D eigenvalue weighted by Crippen LogP contribution is 2.55. The molecule has 0 spiro atoms. The van der Waals surface area contributed by atoms with Crippen LogP contribution in [-0.4, -0.2) is 6.85 Å². The molecule has 0 bridgehead atoms. The van der Waals surface area contributed by atoms with Crippen molar-refractivity contribution >= 4 is 84.0 Å². The number of benzene rings is 8. The van der Waals surface area contributed by atoms with Gasteiger partial charge in [-0.2, -0.15) is 0 Å². The molecule has 1 aromatic heterocycles. The van der Waals surface area contributed by atoms with Gasteiger partial charge in [-0.1, -0.05) is 208 Å². The summed E-state index contributed by atoms with van der Waals surface area (Å²) < 4.78 is 1.30. The lowest BCUT2D eigenvalue weighted by atomic mass is 9.43. The van der Waals surface area contributed by atoms with Crippen molar-refractivity contribution in [1.82, 2.24) is 0 Å². The SMILES string of the molecule is CC(C)(C)c1ccc(N(c2ccc(C(C)(C)C)cc2)c2ccc3c(c2)N(c2ccc4c(c2)C(C)(C)CCC4(C)C)B2c4c-3cc(C(C)(C)C)cc4N(c3ccc(C(C)(C)C)cc3-c3ccccc3)c3sc4ccccc4c32)cc1. The molecule has 5 heteroatoms. The van der Waals surface area contributed by atoms with Crippen LogP contribution in [0, 0.1) is 0 Å². The Morgan fingerprint density at radius 2 is 0.975 bits per heavy atom. The van der Waals surface area contributed by atoms with Crippen LogP contribution in [0.25, 0.3) is 32.3 Å². The molecule has 400 valence electrons. The Morgan fingerprint density at radius 3 is 1.58 bits per heavy atom. The molecule has 3 heterocycles. The average Bonchev–Trinajstić information content (AvgIpc) is 3.02. The van der Waals surface area contributed by atoms with E-state index in [9.17, 15) is 0 Å². The maximum absolute atomic E-state index is 2.78. The molecule has 9 aromatic rings. The van der Waals surface area contributed by atoms with E-state index in [1.807, 2.05) is 11.3 Å². The van der Waals surface area contributed by atoms with Crippen molar-refractivity contribution in [1.29, 1.82) is 0 Å². The summed E-state index contributed by atoms with van der Waals surface area (Å²) in [5.74, 6) is 0. The zero-order valence-electron chi connectivity index (χ0n) is 49.9. The highest BCUT2D eigenvalue weighted by Gasteiger charge is 2.49. The van der Waals surface area contributed by atoms with Crippen molar-refractivity contribution in [2.75, 3.05) is 14.6 Å². The highest BCUT2D eigenvalue weighted by atomic mass is 32.1. The quantitative estimate of drug-likeness (QED) is 0.154. The second kappa shape index (κ2) is 18.4. The first kappa shape index (κ1) is 52.9.